The number of rotatable bonds is 7. The fraction of sp³-hybridized carbons (Fsp3) is 0.591. The summed E-state index contributed by atoms with van der Waals surface area (Å²) in [6.45, 7) is 11.9. The Morgan fingerprint density at radius 2 is 2.06 bits per heavy atom. The smallest absolute Gasteiger partial charge is 0.414 e. The number of nitrogens with one attached hydrogen (secondary N) is 1. The lowest BCUT2D eigenvalue weighted by Crippen LogP contribution is -2.57. The number of carbonyl (C=O) groups excluding carboxylic acids is 2. The van der Waals surface area contributed by atoms with E-state index >= 15 is 0 Å². The molecule has 1 saturated heterocycles. The summed E-state index contributed by atoms with van der Waals surface area (Å²) in [4.78, 5) is 40.9. The van der Waals surface area contributed by atoms with Crippen molar-refractivity contribution in [3.63, 3.8) is 0 Å². The molecule has 2 heterocycles. The van der Waals surface area contributed by atoms with Gasteiger partial charge < -0.3 is 30.0 Å². The van der Waals surface area contributed by atoms with Crippen LogP contribution in [-0.2, 0) is 20.8 Å². The predicted octanol–water partition coefficient (Wildman–Crippen LogP) is 1.59. The molecule has 0 aliphatic carbocycles. The number of amides is 2. The van der Waals surface area contributed by atoms with Crippen molar-refractivity contribution in [2.45, 2.75) is 65.0 Å². The molecule has 0 saturated carbocycles. The van der Waals surface area contributed by atoms with Crippen LogP contribution in [0.3, 0.4) is 0 Å². The zero-order valence-corrected chi connectivity index (χ0v) is 19.6. The first-order valence-electron chi connectivity index (χ1n) is 10.7. The molecule has 2 amide bonds. The van der Waals surface area contributed by atoms with Gasteiger partial charge in [0.05, 0.1) is 11.9 Å². The molecule has 1 fully saturated rings. The Morgan fingerprint density at radius 1 is 1.38 bits per heavy atom. The number of nitrogens with zero attached hydrogens (tertiary/aromatic N) is 3. The number of pyridine rings is 1. The molecule has 32 heavy (non-hydrogen) atoms. The van der Waals surface area contributed by atoms with Crippen molar-refractivity contribution in [1.82, 2.24) is 14.8 Å². The topological polar surface area (TPSA) is 119 Å². The number of likely N-dealkylation sites (tertiary alicyclic amines) is 1. The first-order chi connectivity index (χ1) is 14.9. The highest BCUT2D eigenvalue weighted by atomic mass is 16.6. The van der Waals surface area contributed by atoms with Crippen molar-refractivity contribution >= 4 is 17.7 Å². The van der Waals surface area contributed by atoms with Crippen molar-refractivity contribution in [2.75, 3.05) is 25.1 Å². The van der Waals surface area contributed by atoms with Gasteiger partial charge in [-0.05, 0) is 52.7 Å². The summed E-state index contributed by atoms with van der Waals surface area (Å²) in [5.74, 6) is 0.0415. The fourth-order valence-corrected chi connectivity index (χ4v) is 3.54. The second kappa shape index (κ2) is 10.5. The van der Waals surface area contributed by atoms with Gasteiger partial charge in [0.1, 0.15) is 17.8 Å². The van der Waals surface area contributed by atoms with Gasteiger partial charge in [-0.25, -0.2) is 4.79 Å². The molecular formula is C22H35N5O5. The molecule has 3 N–H and O–H groups in total. The quantitative estimate of drug-likeness (QED) is 0.649. The minimum absolute atomic E-state index is 0.116. The molecule has 2 rings (SSSR count). The summed E-state index contributed by atoms with van der Waals surface area (Å²) in [5.41, 5.74) is 4.83. The Kier molecular flexibility index (Phi) is 8.31. The Balaban J connectivity index is 2.13. The van der Waals surface area contributed by atoms with Crippen molar-refractivity contribution in [2.24, 2.45) is 5.73 Å². The van der Waals surface area contributed by atoms with Crippen LogP contribution in [0.5, 0.6) is 0 Å². The summed E-state index contributed by atoms with van der Waals surface area (Å²) in [6.07, 6.45) is 1.97. The van der Waals surface area contributed by atoms with E-state index in [0.717, 1.165) is 17.7 Å². The van der Waals surface area contributed by atoms with Crippen molar-refractivity contribution in [3.05, 3.63) is 41.1 Å². The van der Waals surface area contributed by atoms with Crippen LogP contribution >= 0.6 is 0 Å². The number of hydrogen-bond donors (Lipinski definition) is 2. The summed E-state index contributed by atoms with van der Waals surface area (Å²) in [5, 5.41) is 2.95. The Morgan fingerprint density at radius 3 is 2.66 bits per heavy atom. The number of anilines is 1. The summed E-state index contributed by atoms with van der Waals surface area (Å²) in [7, 11) is 1.46. The van der Waals surface area contributed by atoms with Gasteiger partial charge in [-0.15, -0.1) is 0 Å². The molecule has 0 bridgehead atoms. The second-order valence-electron chi connectivity index (χ2n) is 8.71. The van der Waals surface area contributed by atoms with Crippen LogP contribution in [-0.4, -0.2) is 59.5 Å². The molecule has 1 aliphatic heterocycles. The average Bonchev–Trinajstić information content (AvgIpc) is 2.69. The van der Waals surface area contributed by atoms with E-state index in [0.29, 0.717) is 19.0 Å². The number of carbonyl (C=O) groups is 2. The number of ether oxygens (including phenoxy) is 2. The van der Waals surface area contributed by atoms with Gasteiger partial charge in [-0.1, -0.05) is 6.58 Å². The first-order valence-corrected chi connectivity index (χ1v) is 10.7. The third-order valence-corrected chi connectivity index (χ3v) is 4.96. The maximum Gasteiger partial charge on any atom is 0.414 e. The van der Waals surface area contributed by atoms with Crippen LogP contribution < -0.4 is 21.5 Å². The molecule has 178 valence electrons. The molecular weight excluding hydrogens is 414 g/mol. The van der Waals surface area contributed by atoms with Crippen LogP contribution in [0.4, 0.5) is 10.5 Å². The standard InChI is InChI=1S/C22H35N5O5/c1-7-31-20-16(10-8-13-27(20)15(2)23)24-18(28)14-26-12-9-11-17(19(26)29)25(6)21(30)32-22(3,4)5/h9,11-12,16,20H,2,7-8,10,13-14,23H2,1,3-6H3,(H,24,28). The second-order valence-corrected chi connectivity index (χ2v) is 8.71. The molecule has 10 heteroatoms. The van der Waals surface area contributed by atoms with Gasteiger partial charge in [0, 0.05) is 26.4 Å². The number of nitrogens with two attached hydrogens (primary N) is 1. The van der Waals surface area contributed by atoms with E-state index in [1.165, 1.54) is 23.9 Å². The van der Waals surface area contributed by atoms with Crippen LogP contribution in [0.25, 0.3) is 0 Å². The largest absolute Gasteiger partial charge is 0.443 e. The molecule has 2 unspecified atom stereocenters. The highest BCUT2D eigenvalue weighted by Crippen LogP contribution is 2.21. The molecule has 0 aromatic carbocycles. The lowest BCUT2D eigenvalue weighted by Gasteiger charge is -2.42. The first kappa shape index (κ1) is 25.3. The van der Waals surface area contributed by atoms with E-state index in [1.54, 1.807) is 26.8 Å². The third kappa shape index (κ3) is 6.49. The van der Waals surface area contributed by atoms with Gasteiger partial charge >= 0.3 is 6.09 Å². The molecule has 2 atom stereocenters. The minimum atomic E-state index is -0.696. The summed E-state index contributed by atoms with van der Waals surface area (Å²) in [6, 6.07) is 2.83. The van der Waals surface area contributed by atoms with Crippen molar-refractivity contribution in [1.29, 1.82) is 0 Å². The zero-order valence-electron chi connectivity index (χ0n) is 19.6. The van der Waals surface area contributed by atoms with Crippen LogP contribution in [0.1, 0.15) is 40.5 Å². The lowest BCUT2D eigenvalue weighted by molar-refractivity contribution is -0.128. The molecule has 0 radical (unpaired) electrons. The van der Waals surface area contributed by atoms with E-state index in [-0.39, 0.29) is 24.2 Å². The van der Waals surface area contributed by atoms with Crippen LogP contribution in [0.2, 0.25) is 0 Å². The minimum Gasteiger partial charge on any atom is -0.443 e. The predicted molar refractivity (Wildman–Crippen MR) is 122 cm³/mol. The van der Waals surface area contributed by atoms with E-state index in [9.17, 15) is 14.4 Å². The van der Waals surface area contributed by atoms with E-state index in [2.05, 4.69) is 11.9 Å². The molecule has 10 nitrogen and oxygen atoms in total. The molecule has 1 aliphatic rings. The maximum atomic E-state index is 12.9. The highest BCUT2D eigenvalue weighted by molar-refractivity contribution is 5.87. The van der Waals surface area contributed by atoms with Crippen molar-refractivity contribution in [3.8, 4) is 0 Å². The molecule has 1 aromatic rings. The van der Waals surface area contributed by atoms with Gasteiger partial charge in [0.15, 0.2) is 6.23 Å². The Labute approximate surface area is 188 Å². The molecule has 1 aromatic heterocycles. The number of piperidine rings is 1. The van der Waals surface area contributed by atoms with Crippen molar-refractivity contribution < 1.29 is 19.1 Å². The van der Waals surface area contributed by atoms with Gasteiger partial charge in [0.2, 0.25) is 5.91 Å². The van der Waals surface area contributed by atoms with Gasteiger partial charge in [-0.3, -0.25) is 14.5 Å². The normalized spacial score (nSPS) is 18.7. The van der Waals surface area contributed by atoms with E-state index < -0.39 is 23.5 Å². The van der Waals surface area contributed by atoms with Crippen LogP contribution in [0.15, 0.2) is 35.5 Å². The maximum absolute atomic E-state index is 12.9. The summed E-state index contributed by atoms with van der Waals surface area (Å²) < 4.78 is 12.4. The average molecular weight is 450 g/mol. The molecule has 0 spiro atoms. The van der Waals surface area contributed by atoms with Gasteiger partial charge in [-0.2, -0.15) is 0 Å². The number of hydrogen-bond acceptors (Lipinski definition) is 7. The van der Waals surface area contributed by atoms with E-state index in [4.69, 9.17) is 15.2 Å². The van der Waals surface area contributed by atoms with Crippen LogP contribution in [0, 0.1) is 0 Å². The summed E-state index contributed by atoms with van der Waals surface area (Å²) >= 11 is 0. The Hall–Kier alpha value is -3.01. The third-order valence-electron chi connectivity index (χ3n) is 4.96. The Bertz CT molecular complexity index is 891. The lowest BCUT2D eigenvalue weighted by atomic mass is 10.0. The van der Waals surface area contributed by atoms with E-state index in [1.807, 2.05) is 11.8 Å². The fourth-order valence-electron chi connectivity index (χ4n) is 3.54. The number of aromatic nitrogens is 1. The SMILES string of the molecule is C=C(N)N1CCCC(NC(=O)Cn2cccc(N(C)C(=O)OC(C)(C)C)c2=O)C1OCC. The van der Waals surface area contributed by atoms with Gasteiger partial charge in [0.25, 0.3) is 5.56 Å². The highest BCUT2D eigenvalue weighted by Gasteiger charge is 2.33. The zero-order chi connectivity index (χ0) is 24.1. The monoisotopic (exact) mass is 449 g/mol.